The summed E-state index contributed by atoms with van der Waals surface area (Å²) in [5.74, 6) is 0.721. The number of anilines is 1. The highest BCUT2D eigenvalue weighted by Gasteiger charge is 2.19. The van der Waals surface area contributed by atoms with Crippen LogP contribution in [0.15, 0.2) is 39.4 Å². The van der Waals surface area contributed by atoms with Gasteiger partial charge in [-0.15, -0.1) is 0 Å². The minimum Gasteiger partial charge on any atom is -0.454 e. The number of benzene rings is 1. The molecule has 0 saturated carbocycles. The summed E-state index contributed by atoms with van der Waals surface area (Å²) < 4.78 is 5.91. The lowest BCUT2D eigenvalue weighted by Gasteiger charge is -2.05. The van der Waals surface area contributed by atoms with E-state index in [-0.39, 0.29) is 17.1 Å². The summed E-state index contributed by atoms with van der Waals surface area (Å²) >= 11 is 3.18. The fourth-order valence-electron chi connectivity index (χ4n) is 1.74. The molecule has 2 rings (SSSR count). The van der Waals surface area contributed by atoms with E-state index in [0.717, 1.165) is 11.8 Å². The lowest BCUT2D eigenvalue weighted by Crippen LogP contribution is -2.06. The fourth-order valence-corrected chi connectivity index (χ4v) is 2.08. The van der Waals surface area contributed by atoms with E-state index in [2.05, 4.69) is 21.2 Å². The van der Waals surface area contributed by atoms with Crippen LogP contribution in [0, 0.1) is 20.2 Å². The van der Waals surface area contributed by atoms with Crippen molar-refractivity contribution in [3.63, 3.8) is 0 Å². The van der Waals surface area contributed by atoms with E-state index >= 15 is 0 Å². The summed E-state index contributed by atoms with van der Waals surface area (Å²) in [6, 6.07) is 7.03. The second kappa shape index (κ2) is 6.35. The van der Waals surface area contributed by atoms with Gasteiger partial charge in [-0.3, -0.25) is 20.2 Å². The lowest BCUT2D eigenvalue weighted by atomic mass is 10.2. The predicted molar refractivity (Wildman–Crippen MR) is 78.4 cm³/mol. The summed E-state index contributed by atoms with van der Waals surface area (Å²) in [6.45, 7) is 0.401. The maximum absolute atomic E-state index is 11.0. The molecule has 0 aliphatic carbocycles. The van der Waals surface area contributed by atoms with Gasteiger partial charge in [-0.25, -0.2) is 0 Å². The predicted octanol–water partition coefficient (Wildman–Crippen LogP) is 3.51. The fraction of sp³-hybridized carbons (Fsp3) is 0.167. The summed E-state index contributed by atoms with van der Waals surface area (Å²) in [5, 5.41) is 24.5. The van der Waals surface area contributed by atoms with Gasteiger partial charge in [0.2, 0.25) is 0 Å². The van der Waals surface area contributed by atoms with E-state index < -0.39 is 9.85 Å². The molecule has 9 heteroatoms. The lowest BCUT2D eigenvalue weighted by molar-refractivity contribution is -0.393. The third kappa shape index (κ3) is 3.78. The van der Waals surface area contributed by atoms with E-state index in [1.165, 1.54) is 12.1 Å². The highest BCUT2D eigenvalue weighted by atomic mass is 79.9. The monoisotopic (exact) mass is 355 g/mol. The molecule has 110 valence electrons. The summed E-state index contributed by atoms with van der Waals surface area (Å²) in [5.41, 5.74) is -0.414. The molecule has 0 saturated heterocycles. The zero-order valence-corrected chi connectivity index (χ0v) is 12.2. The van der Waals surface area contributed by atoms with Crippen LogP contribution >= 0.6 is 15.9 Å². The molecule has 0 unspecified atom stereocenters. The van der Waals surface area contributed by atoms with Crippen LogP contribution in [-0.4, -0.2) is 16.4 Å². The average molecular weight is 356 g/mol. The van der Waals surface area contributed by atoms with Crippen molar-refractivity contribution in [1.82, 2.24) is 0 Å². The van der Waals surface area contributed by atoms with Crippen LogP contribution in [-0.2, 0) is 6.42 Å². The number of furan rings is 1. The quantitative estimate of drug-likeness (QED) is 0.626. The highest BCUT2D eigenvalue weighted by Crippen LogP contribution is 2.28. The van der Waals surface area contributed by atoms with Gasteiger partial charge in [0.25, 0.3) is 11.4 Å². The molecule has 1 aromatic heterocycles. The van der Waals surface area contributed by atoms with Crippen molar-refractivity contribution < 1.29 is 14.3 Å². The second-order valence-electron chi connectivity index (χ2n) is 4.10. The molecule has 0 radical (unpaired) electrons. The van der Waals surface area contributed by atoms with Crippen LogP contribution in [0.2, 0.25) is 0 Å². The number of rotatable bonds is 6. The van der Waals surface area contributed by atoms with E-state index in [9.17, 15) is 20.2 Å². The Labute approximate surface area is 127 Å². The highest BCUT2D eigenvalue weighted by molar-refractivity contribution is 9.10. The van der Waals surface area contributed by atoms with Crippen molar-refractivity contribution >= 4 is 33.0 Å². The van der Waals surface area contributed by atoms with Gasteiger partial charge in [0.05, 0.1) is 15.9 Å². The van der Waals surface area contributed by atoms with E-state index in [0.29, 0.717) is 17.6 Å². The molecule has 0 fully saturated rings. The van der Waals surface area contributed by atoms with Crippen LogP contribution in [0.4, 0.5) is 17.1 Å². The van der Waals surface area contributed by atoms with Gasteiger partial charge in [0.15, 0.2) is 4.67 Å². The topological polar surface area (TPSA) is 111 Å². The van der Waals surface area contributed by atoms with Gasteiger partial charge < -0.3 is 9.73 Å². The van der Waals surface area contributed by atoms with E-state index in [4.69, 9.17) is 4.42 Å². The summed E-state index contributed by atoms with van der Waals surface area (Å²) in [6.07, 6.45) is 0.528. The van der Waals surface area contributed by atoms with Crippen molar-refractivity contribution in [2.24, 2.45) is 0 Å². The molecular weight excluding hydrogens is 346 g/mol. The molecule has 1 N–H and O–H groups in total. The smallest absolute Gasteiger partial charge is 0.299 e. The molecule has 21 heavy (non-hydrogen) atoms. The maximum Gasteiger partial charge on any atom is 0.299 e. The number of nitro benzene ring substituents is 2. The zero-order chi connectivity index (χ0) is 15.4. The normalized spacial score (nSPS) is 10.3. The summed E-state index contributed by atoms with van der Waals surface area (Å²) in [4.78, 5) is 20.3. The van der Waals surface area contributed by atoms with Gasteiger partial charge in [-0.05, 0) is 34.1 Å². The zero-order valence-electron chi connectivity index (χ0n) is 10.6. The number of nitrogens with one attached hydrogen (secondary N) is 1. The maximum atomic E-state index is 11.0. The number of nitro groups is 2. The minimum absolute atomic E-state index is 0.233. The molecule has 8 nitrogen and oxygen atoms in total. The molecule has 0 bridgehead atoms. The Morgan fingerprint density at radius 1 is 1.14 bits per heavy atom. The molecule has 0 atom stereocenters. The SMILES string of the molecule is O=[N+]([O-])c1ccc(NCCc2ccc(Br)o2)c([N+](=O)[O-])c1. The van der Waals surface area contributed by atoms with Crippen molar-refractivity contribution in [1.29, 1.82) is 0 Å². The van der Waals surface area contributed by atoms with Crippen molar-refractivity contribution in [2.75, 3.05) is 11.9 Å². The molecule has 0 aliphatic heterocycles. The van der Waals surface area contributed by atoms with Crippen LogP contribution in [0.25, 0.3) is 0 Å². The Hall–Kier alpha value is -2.42. The first-order valence-corrected chi connectivity index (χ1v) is 6.67. The van der Waals surface area contributed by atoms with Crippen molar-refractivity contribution in [2.45, 2.75) is 6.42 Å². The first-order valence-electron chi connectivity index (χ1n) is 5.88. The third-order valence-electron chi connectivity index (χ3n) is 2.70. The standard InChI is InChI=1S/C12H10BrN3O5/c13-12-4-2-9(21-12)5-6-14-10-3-1-8(15(17)18)7-11(10)16(19)20/h1-4,7,14H,5-6H2. The van der Waals surface area contributed by atoms with Crippen LogP contribution in [0.1, 0.15) is 5.76 Å². The number of hydrogen-bond acceptors (Lipinski definition) is 6. The van der Waals surface area contributed by atoms with Gasteiger partial charge in [0, 0.05) is 19.0 Å². The number of non-ortho nitro benzene ring substituents is 1. The van der Waals surface area contributed by atoms with Gasteiger partial charge >= 0.3 is 0 Å². The molecule has 1 aromatic carbocycles. The van der Waals surface area contributed by atoms with Crippen molar-refractivity contribution in [3.05, 3.63) is 61.0 Å². The van der Waals surface area contributed by atoms with Gasteiger partial charge in [-0.1, -0.05) is 0 Å². The Balaban J connectivity index is 2.08. The molecule has 0 aliphatic rings. The van der Waals surface area contributed by atoms with Crippen molar-refractivity contribution in [3.8, 4) is 0 Å². The molecular formula is C12H10BrN3O5. The number of halogens is 1. The largest absolute Gasteiger partial charge is 0.454 e. The van der Waals surface area contributed by atoms with Gasteiger partial charge in [-0.2, -0.15) is 0 Å². The number of hydrogen-bond donors (Lipinski definition) is 1. The number of nitrogens with zero attached hydrogens (tertiary/aromatic N) is 2. The molecule has 1 heterocycles. The Morgan fingerprint density at radius 2 is 1.90 bits per heavy atom. The minimum atomic E-state index is -0.669. The Morgan fingerprint density at radius 3 is 2.48 bits per heavy atom. The Kier molecular flexibility index (Phi) is 4.53. The third-order valence-corrected chi connectivity index (χ3v) is 3.13. The molecule has 0 amide bonds. The first-order chi connectivity index (χ1) is 9.97. The van der Waals surface area contributed by atoms with E-state index in [1.807, 2.05) is 0 Å². The van der Waals surface area contributed by atoms with Crippen LogP contribution in [0.5, 0.6) is 0 Å². The van der Waals surface area contributed by atoms with E-state index in [1.54, 1.807) is 12.1 Å². The van der Waals surface area contributed by atoms with Crippen LogP contribution < -0.4 is 5.32 Å². The Bertz CT molecular complexity index is 685. The molecule has 0 spiro atoms. The second-order valence-corrected chi connectivity index (χ2v) is 4.88. The molecule has 2 aromatic rings. The summed E-state index contributed by atoms with van der Waals surface area (Å²) in [7, 11) is 0. The van der Waals surface area contributed by atoms with Gasteiger partial charge in [0.1, 0.15) is 11.4 Å². The van der Waals surface area contributed by atoms with Crippen LogP contribution in [0.3, 0.4) is 0 Å². The first kappa shape index (κ1) is 15.0. The average Bonchev–Trinajstić information content (AvgIpc) is 2.84.